The first-order valence-corrected chi connectivity index (χ1v) is 9.26. The predicted octanol–water partition coefficient (Wildman–Crippen LogP) is 2.06. The lowest BCUT2D eigenvalue weighted by atomic mass is 9.96. The van der Waals surface area contributed by atoms with Crippen LogP contribution in [-0.4, -0.2) is 50.9 Å². The summed E-state index contributed by atoms with van der Waals surface area (Å²) >= 11 is 0. The molecule has 3 rings (SSSR count). The number of hydrogen-bond donors (Lipinski definition) is 2. The van der Waals surface area contributed by atoms with E-state index < -0.39 is 0 Å². The molecule has 0 bridgehead atoms. The van der Waals surface area contributed by atoms with Crippen molar-refractivity contribution < 1.29 is 19.1 Å². The van der Waals surface area contributed by atoms with Crippen LogP contribution in [0.2, 0.25) is 0 Å². The first-order chi connectivity index (χ1) is 12.7. The standard InChI is InChI=1S/C19H27N3O4/c1-25-16-9-7-15(8-10-16)22-12-17(26-13-18(22)23)11-20-19(24)21-14-5-3-2-4-6-14/h7-10,14,17H,2-6,11-13H2,1H3,(H2,20,21,24). The van der Waals surface area contributed by atoms with Crippen LogP contribution in [-0.2, 0) is 9.53 Å². The number of ether oxygens (including phenoxy) is 2. The molecule has 26 heavy (non-hydrogen) atoms. The molecule has 0 spiro atoms. The Hall–Kier alpha value is -2.28. The molecule has 2 fully saturated rings. The Morgan fingerprint density at radius 3 is 2.65 bits per heavy atom. The molecule has 1 aliphatic heterocycles. The number of carbonyl (C=O) groups is 2. The van der Waals surface area contributed by atoms with Gasteiger partial charge in [-0.05, 0) is 37.1 Å². The fourth-order valence-corrected chi connectivity index (χ4v) is 3.45. The number of amides is 3. The number of carbonyl (C=O) groups excluding carboxylic acids is 2. The minimum absolute atomic E-state index is 0.0165. The zero-order valence-corrected chi connectivity index (χ0v) is 15.2. The van der Waals surface area contributed by atoms with Crippen molar-refractivity contribution in [3.63, 3.8) is 0 Å². The lowest BCUT2D eigenvalue weighted by Gasteiger charge is -2.33. The summed E-state index contributed by atoms with van der Waals surface area (Å²) in [6.45, 7) is 0.802. The van der Waals surface area contributed by atoms with E-state index in [0.717, 1.165) is 24.3 Å². The van der Waals surface area contributed by atoms with E-state index in [-0.39, 0.29) is 30.7 Å². The molecular weight excluding hydrogens is 334 g/mol. The topological polar surface area (TPSA) is 79.9 Å². The quantitative estimate of drug-likeness (QED) is 0.841. The van der Waals surface area contributed by atoms with E-state index >= 15 is 0 Å². The molecule has 2 aliphatic rings. The van der Waals surface area contributed by atoms with Gasteiger partial charge in [0.25, 0.3) is 5.91 Å². The first-order valence-electron chi connectivity index (χ1n) is 9.26. The van der Waals surface area contributed by atoms with Gasteiger partial charge in [0.05, 0.1) is 19.8 Å². The van der Waals surface area contributed by atoms with Gasteiger partial charge in [0, 0.05) is 18.3 Å². The fourth-order valence-electron chi connectivity index (χ4n) is 3.45. The molecule has 1 aliphatic carbocycles. The second-order valence-corrected chi connectivity index (χ2v) is 6.82. The van der Waals surface area contributed by atoms with Gasteiger partial charge in [0.15, 0.2) is 0 Å². The van der Waals surface area contributed by atoms with Crippen LogP contribution in [0.25, 0.3) is 0 Å². The number of hydrogen-bond acceptors (Lipinski definition) is 4. The average molecular weight is 361 g/mol. The molecule has 142 valence electrons. The van der Waals surface area contributed by atoms with Gasteiger partial charge in [0.2, 0.25) is 0 Å². The molecule has 2 N–H and O–H groups in total. The SMILES string of the molecule is COc1ccc(N2CC(CNC(=O)NC3CCCCC3)OCC2=O)cc1. The molecule has 1 atom stereocenters. The van der Waals surface area contributed by atoms with Crippen LogP contribution in [0.15, 0.2) is 24.3 Å². The summed E-state index contributed by atoms with van der Waals surface area (Å²) in [5, 5.41) is 5.89. The molecule has 7 nitrogen and oxygen atoms in total. The second-order valence-electron chi connectivity index (χ2n) is 6.82. The Morgan fingerprint density at radius 1 is 1.23 bits per heavy atom. The lowest BCUT2D eigenvalue weighted by molar-refractivity contribution is -0.129. The molecule has 1 aromatic rings. The molecule has 3 amide bonds. The molecule has 0 radical (unpaired) electrons. The third kappa shape index (κ3) is 4.88. The number of nitrogens with one attached hydrogen (secondary N) is 2. The number of nitrogens with zero attached hydrogens (tertiary/aromatic N) is 1. The van der Waals surface area contributed by atoms with Crippen LogP contribution in [0.4, 0.5) is 10.5 Å². The summed E-state index contributed by atoms with van der Waals surface area (Å²) < 4.78 is 10.7. The number of urea groups is 1. The normalized spacial score (nSPS) is 21.3. The van der Waals surface area contributed by atoms with Gasteiger partial charge in [-0.2, -0.15) is 0 Å². The van der Waals surface area contributed by atoms with Gasteiger partial charge in [0.1, 0.15) is 12.4 Å². The third-order valence-corrected chi connectivity index (χ3v) is 4.94. The number of anilines is 1. The van der Waals surface area contributed by atoms with E-state index in [4.69, 9.17) is 9.47 Å². The molecular formula is C19H27N3O4. The predicted molar refractivity (Wildman–Crippen MR) is 98.5 cm³/mol. The second kappa shape index (κ2) is 8.89. The molecule has 0 aromatic heterocycles. The van der Waals surface area contributed by atoms with Crippen molar-refractivity contribution in [1.82, 2.24) is 10.6 Å². The van der Waals surface area contributed by atoms with Gasteiger partial charge in [-0.1, -0.05) is 19.3 Å². The summed E-state index contributed by atoms with van der Waals surface area (Å²) in [6, 6.07) is 7.46. The first kappa shape index (κ1) is 18.5. The van der Waals surface area contributed by atoms with Crippen LogP contribution in [0.1, 0.15) is 32.1 Å². The molecule has 1 heterocycles. The molecule has 1 unspecified atom stereocenters. The minimum atomic E-state index is -0.230. The monoisotopic (exact) mass is 361 g/mol. The third-order valence-electron chi connectivity index (χ3n) is 4.94. The Bertz CT molecular complexity index is 614. The van der Waals surface area contributed by atoms with E-state index in [1.54, 1.807) is 12.0 Å². The van der Waals surface area contributed by atoms with Gasteiger partial charge in [-0.25, -0.2) is 4.79 Å². The molecule has 1 saturated heterocycles. The van der Waals surface area contributed by atoms with Gasteiger partial charge in [-0.15, -0.1) is 0 Å². The van der Waals surface area contributed by atoms with E-state index in [2.05, 4.69) is 10.6 Å². The highest BCUT2D eigenvalue weighted by atomic mass is 16.5. The number of methoxy groups -OCH3 is 1. The average Bonchev–Trinajstić information content (AvgIpc) is 2.68. The highest BCUT2D eigenvalue weighted by Gasteiger charge is 2.28. The minimum Gasteiger partial charge on any atom is -0.497 e. The largest absolute Gasteiger partial charge is 0.497 e. The van der Waals surface area contributed by atoms with Crippen LogP contribution < -0.4 is 20.3 Å². The van der Waals surface area contributed by atoms with E-state index in [0.29, 0.717) is 13.1 Å². The lowest BCUT2D eigenvalue weighted by Crippen LogP contribution is -2.52. The number of morpholine rings is 1. The Kier molecular flexibility index (Phi) is 6.33. The van der Waals surface area contributed by atoms with Crippen molar-refractivity contribution >= 4 is 17.6 Å². The van der Waals surface area contributed by atoms with Crippen molar-refractivity contribution in [1.29, 1.82) is 0 Å². The summed E-state index contributed by atoms with van der Waals surface area (Å²) in [5.74, 6) is 0.658. The maximum Gasteiger partial charge on any atom is 0.315 e. The Labute approximate surface area is 154 Å². The molecule has 7 heteroatoms. The number of rotatable bonds is 5. The van der Waals surface area contributed by atoms with E-state index in [1.165, 1.54) is 19.3 Å². The maximum atomic E-state index is 12.2. The summed E-state index contributed by atoms with van der Waals surface area (Å²) in [6.07, 6.45) is 5.48. The van der Waals surface area contributed by atoms with Crippen molar-refractivity contribution in [2.24, 2.45) is 0 Å². The number of benzene rings is 1. The van der Waals surface area contributed by atoms with Crippen LogP contribution in [0.5, 0.6) is 5.75 Å². The van der Waals surface area contributed by atoms with Crippen LogP contribution >= 0.6 is 0 Å². The smallest absolute Gasteiger partial charge is 0.315 e. The van der Waals surface area contributed by atoms with E-state index in [1.807, 2.05) is 24.3 Å². The molecule has 1 saturated carbocycles. The summed E-state index contributed by atoms with van der Waals surface area (Å²) in [5.41, 5.74) is 0.802. The fraction of sp³-hybridized carbons (Fsp3) is 0.579. The summed E-state index contributed by atoms with van der Waals surface area (Å²) in [4.78, 5) is 25.9. The zero-order chi connectivity index (χ0) is 18.4. The molecule has 1 aromatic carbocycles. The van der Waals surface area contributed by atoms with E-state index in [9.17, 15) is 9.59 Å². The van der Waals surface area contributed by atoms with Gasteiger partial charge < -0.3 is 25.0 Å². The Morgan fingerprint density at radius 2 is 1.96 bits per heavy atom. The van der Waals surface area contributed by atoms with Crippen molar-refractivity contribution in [2.75, 3.05) is 31.7 Å². The van der Waals surface area contributed by atoms with Crippen LogP contribution in [0.3, 0.4) is 0 Å². The summed E-state index contributed by atoms with van der Waals surface area (Å²) in [7, 11) is 1.61. The Balaban J connectivity index is 1.49. The van der Waals surface area contributed by atoms with Crippen molar-refractivity contribution in [2.45, 2.75) is 44.2 Å². The highest BCUT2D eigenvalue weighted by molar-refractivity contribution is 5.95. The van der Waals surface area contributed by atoms with Crippen molar-refractivity contribution in [3.8, 4) is 5.75 Å². The van der Waals surface area contributed by atoms with Crippen LogP contribution in [0, 0.1) is 0 Å². The zero-order valence-electron chi connectivity index (χ0n) is 15.2. The maximum absolute atomic E-state index is 12.2. The van der Waals surface area contributed by atoms with Gasteiger partial charge in [-0.3, -0.25) is 4.79 Å². The van der Waals surface area contributed by atoms with Gasteiger partial charge >= 0.3 is 6.03 Å². The van der Waals surface area contributed by atoms with Crippen molar-refractivity contribution in [3.05, 3.63) is 24.3 Å². The highest BCUT2D eigenvalue weighted by Crippen LogP contribution is 2.22.